The monoisotopic (exact) mass is 447 g/mol. The highest BCUT2D eigenvalue weighted by Gasteiger charge is 2.34. The van der Waals surface area contributed by atoms with Gasteiger partial charge in [-0.1, -0.05) is 26.0 Å². The molecule has 32 heavy (non-hydrogen) atoms. The Kier molecular flexibility index (Phi) is 9.19. The van der Waals surface area contributed by atoms with Gasteiger partial charge in [-0.2, -0.15) is 0 Å². The van der Waals surface area contributed by atoms with E-state index in [0.717, 1.165) is 0 Å². The summed E-state index contributed by atoms with van der Waals surface area (Å²) in [6.45, 7) is 5.52. The molecule has 0 aromatic heterocycles. The minimum Gasteiger partial charge on any atom is -0.508 e. The van der Waals surface area contributed by atoms with Gasteiger partial charge in [0.15, 0.2) is 0 Å². The molecule has 9 heteroatoms. The van der Waals surface area contributed by atoms with Crippen LogP contribution in [-0.4, -0.2) is 59.4 Å². The van der Waals surface area contributed by atoms with E-state index < -0.39 is 29.9 Å². The molecule has 3 N–H and O–H groups in total. The molecule has 1 aromatic carbocycles. The van der Waals surface area contributed by atoms with E-state index in [1.54, 1.807) is 12.1 Å². The summed E-state index contributed by atoms with van der Waals surface area (Å²) >= 11 is 0. The van der Waals surface area contributed by atoms with Crippen LogP contribution in [0.3, 0.4) is 0 Å². The number of hydrogen-bond acceptors (Lipinski definition) is 7. The molecule has 0 spiro atoms. The van der Waals surface area contributed by atoms with E-state index in [2.05, 4.69) is 10.7 Å². The number of phenols is 1. The fourth-order valence-corrected chi connectivity index (χ4v) is 3.78. The number of amides is 2. The van der Waals surface area contributed by atoms with E-state index in [4.69, 9.17) is 4.74 Å². The molecule has 1 aliphatic heterocycles. The lowest BCUT2D eigenvalue weighted by molar-refractivity contribution is -0.151. The summed E-state index contributed by atoms with van der Waals surface area (Å²) in [5.41, 5.74) is 3.56. The molecule has 0 radical (unpaired) electrons. The first-order valence-electron chi connectivity index (χ1n) is 10.9. The van der Waals surface area contributed by atoms with E-state index >= 15 is 0 Å². The predicted octanol–water partition coefficient (Wildman–Crippen LogP) is 1.34. The van der Waals surface area contributed by atoms with Crippen LogP contribution in [0.2, 0.25) is 0 Å². The highest BCUT2D eigenvalue weighted by Crippen LogP contribution is 2.19. The van der Waals surface area contributed by atoms with Crippen LogP contribution in [0.1, 0.15) is 45.6 Å². The number of rotatable bonds is 9. The SMILES string of the molecule is COC(=O)[C@@H]1CCCN(C(=O)[C@H](Cc2cccc(O)c2)NC(=O)[C@@H](CC(C)=O)C(C)C)N1. The number of hydrazine groups is 1. The molecule has 0 aliphatic carbocycles. The second kappa shape index (κ2) is 11.6. The van der Waals surface area contributed by atoms with Gasteiger partial charge >= 0.3 is 5.97 Å². The number of aromatic hydroxyl groups is 1. The first-order chi connectivity index (χ1) is 15.1. The third-order valence-corrected chi connectivity index (χ3v) is 5.55. The Morgan fingerprint density at radius 2 is 2.00 bits per heavy atom. The predicted molar refractivity (Wildman–Crippen MR) is 117 cm³/mol. The number of nitrogens with one attached hydrogen (secondary N) is 2. The highest BCUT2D eigenvalue weighted by atomic mass is 16.5. The number of ether oxygens (including phenoxy) is 1. The van der Waals surface area contributed by atoms with Crippen molar-refractivity contribution >= 4 is 23.6 Å². The zero-order chi connectivity index (χ0) is 23.8. The number of phenolic OH excluding ortho intramolecular Hbond substituents is 1. The molecule has 1 aliphatic rings. The van der Waals surface area contributed by atoms with Crippen LogP contribution >= 0.6 is 0 Å². The second-order valence-corrected chi connectivity index (χ2v) is 8.53. The smallest absolute Gasteiger partial charge is 0.324 e. The summed E-state index contributed by atoms with van der Waals surface area (Å²) in [7, 11) is 1.29. The normalized spacial score (nSPS) is 18.0. The summed E-state index contributed by atoms with van der Waals surface area (Å²) in [4.78, 5) is 50.0. The average Bonchev–Trinajstić information content (AvgIpc) is 2.75. The fourth-order valence-electron chi connectivity index (χ4n) is 3.78. The number of methoxy groups -OCH3 is 1. The van der Waals surface area contributed by atoms with Crippen LogP contribution in [0.4, 0.5) is 0 Å². The molecule has 1 saturated heterocycles. The zero-order valence-electron chi connectivity index (χ0n) is 19.1. The van der Waals surface area contributed by atoms with Crippen molar-refractivity contribution in [2.45, 2.75) is 58.5 Å². The fraction of sp³-hybridized carbons (Fsp3) is 0.565. The van der Waals surface area contributed by atoms with Crippen LogP contribution in [0.25, 0.3) is 0 Å². The molecule has 2 rings (SSSR count). The van der Waals surface area contributed by atoms with Gasteiger partial charge in [-0.05, 0) is 43.4 Å². The number of nitrogens with zero attached hydrogens (tertiary/aromatic N) is 1. The maximum Gasteiger partial charge on any atom is 0.324 e. The van der Waals surface area contributed by atoms with Crippen LogP contribution in [0, 0.1) is 11.8 Å². The van der Waals surface area contributed by atoms with Crippen molar-refractivity contribution < 1.29 is 29.0 Å². The largest absolute Gasteiger partial charge is 0.508 e. The molecule has 0 unspecified atom stereocenters. The Morgan fingerprint density at radius 1 is 1.28 bits per heavy atom. The number of hydrogen-bond donors (Lipinski definition) is 3. The summed E-state index contributed by atoms with van der Waals surface area (Å²) in [5, 5.41) is 13.9. The third-order valence-electron chi connectivity index (χ3n) is 5.55. The molecule has 1 heterocycles. The molecule has 0 bridgehead atoms. The summed E-state index contributed by atoms with van der Waals surface area (Å²) in [6.07, 6.45) is 1.37. The van der Waals surface area contributed by atoms with Crippen molar-refractivity contribution in [1.29, 1.82) is 0 Å². The molecule has 176 valence electrons. The number of benzene rings is 1. The topological polar surface area (TPSA) is 125 Å². The number of ketones is 1. The van der Waals surface area contributed by atoms with Crippen molar-refractivity contribution in [1.82, 2.24) is 15.8 Å². The molecular formula is C23H33N3O6. The number of esters is 1. The quantitative estimate of drug-likeness (QED) is 0.488. The van der Waals surface area contributed by atoms with Gasteiger partial charge in [0.05, 0.1) is 7.11 Å². The van der Waals surface area contributed by atoms with Crippen LogP contribution in [0.5, 0.6) is 5.75 Å². The van der Waals surface area contributed by atoms with Crippen LogP contribution < -0.4 is 10.7 Å². The minimum atomic E-state index is -0.943. The molecule has 1 fully saturated rings. The van der Waals surface area contributed by atoms with Gasteiger partial charge in [0.2, 0.25) is 5.91 Å². The lowest BCUT2D eigenvalue weighted by Gasteiger charge is -2.35. The van der Waals surface area contributed by atoms with E-state index in [9.17, 15) is 24.3 Å². The van der Waals surface area contributed by atoms with Gasteiger partial charge in [0, 0.05) is 25.3 Å². The maximum atomic E-state index is 13.4. The maximum absolute atomic E-state index is 13.4. The van der Waals surface area contributed by atoms with Gasteiger partial charge < -0.3 is 20.0 Å². The van der Waals surface area contributed by atoms with Gasteiger partial charge in [0.25, 0.3) is 5.91 Å². The molecular weight excluding hydrogens is 414 g/mol. The lowest BCUT2D eigenvalue weighted by Crippen LogP contribution is -2.60. The number of Topliss-reactive ketones (excluding diaryl/α,β-unsaturated/α-hetero) is 1. The Hall–Kier alpha value is -2.94. The van der Waals surface area contributed by atoms with Crippen molar-refractivity contribution in [2.24, 2.45) is 11.8 Å². The van der Waals surface area contributed by atoms with Crippen molar-refractivity contribution in [3.8, 4) is 5.75 Å². The molecule has 9 nitrogen and oxygen atoms in total. The Labute approximate surface area is 188 Å². The van der Waals surface area contributed by atoms with Gasteiger partial charge in [-0.15, -0.1) is 0 Å². The lowest BCUT2D eigenvalue weighted by atomic mass is 9.89. The Balaban J connectivity index is 2.25. The summed E-state index contributed by atoms with van der Waals surface area (Å²) in [5.74, 6) is -1.95. The Morgan fingerprint density at radius 3 is 2.59 bits per heavy atom. The second-order valence-electron chi connectivity index (χ2n) is 8.53. The minimum absolute atomic E-state index is 0.0542. The van der Waals surface area contributed by atoms with Gasteiger partial charge in [0.1, 0.15) is 23.6 Å². The summed E-state index contributed by atoms with van der Waals surface area (Å²) < 4.78 is 4.78. The zero-order valence-corrected chi connectivity index (χ0v) is 19.1. The van der Waals surface area contributed by atoms with Crippen molar-refractivity contribution in [3.05, 3.63) is 29.8 Å². The highest BCUT2D eigenvalue weighted by molar-refractivity contribution is 5.91. The van der Waals surface area contributed by atoms with Gasteiger partial charge in [-0.25, -0.2) is 5.43 Å². The molecule has 2 amide bonds. The van der Waals surface area contributed by atoms with Crippen LogP contribution in [0.15, 0.2) is 24.3 Å². The molecule has 1 aromatic rings. The van der Waals surface area contributed by atoms with Crippen molar-refractivity contribution in [2.75, 3.05) is 13.7 Å². The van der Waals surface area contributed by atoms with E-state index in [-0.39, 0.29) is 36.2 Å². The van der Waals surface area contributed by atoms with E-state index in [1.165, 1.54) is 31.2 Å². The average molecular weight is 448 g/mol. The van der Waals surface area contributed by atoms with Crippen LogP contribution in [-0.2, 0) is 30.3 Å². The number of carbonyl (C=O) groups excluding carboxylic acids is 4. The first kappa shape index (κ1) is 25.3. The Bertz CT molecular complexity index is 841. The molecule has 3 atom stereocenters. The first-order valence-corrected chi connectivity index (χ1v) is 10.9. The standard InChI is InChI=1S/C23H33N3O6/c1-14(2)18(11-15(3)27)21(29)24-20(13-16-7-5-8-17(28)12-16)22(30)26-10-6-9-19(25-26)23(31)32-4/h5,7-8,12,14,18-20,25,28H,6,9-11,13H2,1-4H3,(H,24,29)/t18-,19-,20-/m0/s1. The van der Waals surface area contributed by atoms with E-state index in [0.29, 0.717) is 24.9 Å². The number of carbonyl (C=O) groups is 4. The van der Waals surface area contributed by atoms with E-state index in [1.807, 2.05) is 13.8 Å². The molecule has 0 saturated carbocycles. The summed E-state index contributed by atoms with van der Waals surface area (Å²) in [6, 6.07) is 4.88. The van der Waals surface area contributed by atoms with Crippen molar-refractivity contribution in [3.63, 3.8) is 0 Å². The van der Waals surface area contributed by atoms with Gasteiger partial charge in [-0.3, -0.25) is 19.4 Å². The third kappa shape index (κ3) is 7.05.